The van der Waals surface area contributed by atoms with Crippen molar-refractivity contribution >= 4 is 48.7 Å². The molecule has 15 nitrogen and oxygen atoms in total. The van der Waals surface area contributed by atoms with Gasteiger partial charge in [-0.3, -0.25) is 9.59 Å². The van der Waals surface area contributed by atoms with Crippen LogP contribution in [0.3, 0.4) is 0 Å². The Balaban J connectivity index is 0.000000261. The Bertz CT molecular complexity index is 1840. The molecular weight excluding hydrogens is 661 g/mol. The van der Waals surface area contributed by atoms with Crippen molar-refractivity contribution in [1.82, 2.24) is 9.97 Å². The standard InChI is InChI=1S/C17H19BN2O5.C15H15BN2O5.Na.H2O/c1-3-23-16(21)9-14-17-10(2)6-12(7-13(17)18(22)25-14)24-11-4-5-20-15(19)8-11;1-8-4-10(22-9-2-3-18-13(17)6-9)5-11-15(8)12(7-14(19)20)23-16(11)21;;/h4-8,14,22H,3,9H2,1-2H3,(H2,19,20);2-6,12,21H,7H2,1H3,(H2,17,18)(H,19,20);;1H2/q;;+1;/p-1. The average Bonchev–Trinajstić information content (AvgIpc) is 3.48. The molecule has 0 amide bonds. The maximum Gasteiger partial charge on any atom is 1.00 e. The fourth-order valence-corrected chi connectivity index (χ4v) is 5.67. The van der Waals surface area contributed by atoms with Gasteiger partial charge in [0.1, 0.15) is 34.6 Å². The molecule has 2 aliphatic heterocycles. The molecule has 2 atom stereocenters. The first-order valence-electron chi connectivity index (χ1n) is 15.0. The average molecular weight is 696 g/mol. The molecule has 0 fully saturated rings. The monoisotopic (exact) mass is 696 g/mol. The van der Waals surface area contributed by atoms with Crippen LogP contribution in [0.25, 0.3) is 0 Å². The van der Waals surface area contributed by atoms with Gasteiger partial charge >= 0.3 is 55.7 Å². The zero-order valence-electron chi connectivity index (χ0n) is 27.9. The molecule has 0 radical (unpaired) electrons. The van der Waals surface area contributed by atoms with Crippen LogP contribution in [0, 0.1) is 13.8 Å². The number of aromatic nitrogens is 2. The number of nitrogen functional groups attached to an aromatic ring is 2. The Morgan fingerprint density at radius 3 is 1.62 bits per heavy atom. The number of aliphatic carboxylic acids is 1. The van der Waals surface area contributed by atoms with Crippen LogP contribution in [0.1, 0.15) is 54.2 Å². The maximum absolute atomic E-state index is 11.7. The van der Waals surface area contributed by atoms with Gasteiger partial charge in [-0.1, -0.05) is 0 Å². The van der Waals surface area contributed by atoms with Crippen LogP contribution in [-0.2, 0) is 23.6 Å². The van der Waals surface area contributed by atoms with Crippen LogP contribution in [0.5, 0.6) is 23.0 Å². The number of hydrogen-bond acceptors (Lipinski definition) is 14. The number of aryl methyl sites for hydroxylation is 2. The third kappa shape index (κ3) is 9.74. The molecule has 50 heavy (non-hydrogen) atoms. The number of esters is 1. The number of carboxylic acids is 1. The summed E-state index contributed by atoms with van der Waals surface area (Å²) in [5.41, 5.74) is 15.5. The number of carbonyl (C=O) groups excluding carboxylic acids is 1. The fraction of sp³-hybridized carbons (Fsp3) is 0.250. The number of nitrogens with two attached hydrogens (primary N) is 2. The normalized spacial score (nSPS) is 15.4. The van der Waals surface area contributed by atoms with Crippen molar-refractivity contribution in [2.75, 3.05) is 18.1 Å². The second-order valence-electron chi connectivity index (χ2n) is 11.1. The van der Waals surface area contributed by atoms with E-state index in [2.05, 4.69) is 9.97 Å². The van der Waals surface area contributed by atoms with Gasteiger partial charge in [-0.05, 0) is 90.3 Å². The number of rotatable bonds is 9. The minimum Gasteiger partial charge on any atom is -0.870 e. The van der Waals surface area contributed by atoms with Gasteiger partial charge in [0.15, 0.2) is 0 Å². The molecule has 6 rings (SSSR count). The molecule has 0 bridgehead atoms. The number of carboxylic acid groups (broad SMARTS) is 1. The third-order valence-corrected chi connectivity index (χ3v) is 7.54. The van der Waals surface area contributed by atoms with Crippen LogP contribution in [0.4, 0.5) is 11.6 Å². The van der Waals surface area contributed by atoms with E-state index in [1.807, 2.05) is 19.9 Å². The number of carbonyl (C=O) groups is 2. The van der Waals surface area contributed by atoms with Crippen LogP contribution in [0.2, 0.25) is 0 Å². The first-order chi connectivity index (χ1) is 22.9. The molecule has 18 heteroatoms. The zero-order chi connectivity index (χ0) is 34.5. The Kier molecular flexibility index (Phi) is 14.2. The van der Waals surface area contributed by atoms with E-state index in [0.717, 1.165) is 16.7 Å². The third-order valence-electron chi connectivity index (χ3n) is 7.54. The number of pyridine rings is 2. The van der Waals surface area contributed by atoms with Crippen molar-refractivity contribution in [1.29, 1.82) is 0 Å². The summed E-state index contributed by atoms with van der Waals surface area (Å²) in [6, 6.07) is 13.5. The molecule has 0 saturated heterocycles. The van der Waals surface area contributed by atoms with Crippen molar-refractivity contribution in [3.05, 3.63) is 83.2 Å². The minimum atomic E-state index is -1.17. The first kappa shape index (κ1) is 40.2. The molecule has 2 aromatic carbocycles. The number of hydrogen-bond donors (Lipinski definition) is 5. The van der Waals surface area contributed by atoms with Crippen LogP contribution >= 0.6 is 0 Å². The summed E-state index contributed by atoms with van der Waals surface area (Å²) in [7, 11) is -2.28. The molecule has 4 heterocycles. The minimum absolute atomic E-state index is 0. The predicted molar refractivity (Wildman–Crippen MR) is 178 cm³/mol. The zero-order valence-corrected chi connectivity index (χ0v) is 29.9. The molecule has 2 aromatic heterocycles. The Labute approximate surface area is 310 Å². The molecule has 2 aliphatic rings. The maximum atomic E-state index is 11.7. The SMILES string of the molecule is CCOC(=O)CC1OB(O)c2cc(Oc3ccnc(N)c3)cc(C)c21.Cc1cc(Oc2ccnc(N)c2)cc2c1C(CC(=O)O)OB2O.[Na+].[OH-]. The number of nitrogens with zero attached hydrogens (tertiary/aromatic N) is 2. The Morgan fingerprint density at radius 1 is 0.780 bits per heavy atom. The van der Waals surface area contributed by atoms with Crippen molar-refractivity contribution in [2.24, 2.45) is 0 Å². The van der Waals surface area contributed by atoms with Gasteiger partial charge in [-0.2, -0.15) is 0 Å². The van der Waals surface area contributed by atoms with Crippen LogP contribution < -0.4 is 61.4 Å². The van der Waals surface area contributed by atoms with Gasteiger partial charge < -0.3 is 55.6 Å². The van der Waals surface area contributed by atoms with Gasteiger partial charge in [0.25, 0.3) is 0 Å². The summed E-state index contributed by atoms with van der Waals surface area (Å²) in [5.74, 6) is 1.46. The quantitative estimate of drug-likeness (QED) is 0.107. The van der Waals surface area contributed by atoms with Gasteiger partial charge in [-0.25, -0.2) is 9.97 Å². The summed E-state index contributed by atoms with van der Waals surface area (Å²) in [6.45, 7) is 5.76. The number of benzene rings is 2. The topological polar surface area (TPSA) is 249 Å². The molecule has 4 aromatic rings. The van der Waals surface area contributed by atoms with E-state index in [-0.39, 0.29) is 53.8 Å². The molecule has 256 valence electrons. The van der Waals surface area contributed by atoms with E-state index in [9.17, 15) is 19.6 Å². The van der Waals surface area contributed by atoms with E-state index in [1.54, 1.807) is 55.6 Å². The number of fused-ring (bicyclic) bond motifs is 2. The molecule has 2 unspecified atom stereocenters. The van der Waals surface area contributed by atoms with E-state index in [1.165, 1.54) is 6.20 Å². The molecule has 0 saturated carbocycles. The van der Waals surface area contributed by atoms with Crippen molar-refractivity contribution in [3.63, 3.8) is 0 Å². The van der Waals surface area contributed by atoms with E-state index >= 15 is 0 Å². The summed E-state index contributed by atoms with van der Waals surface area (Å²) < 4.78 is 27.3. The first-order valence-corrected chi connectivity index (χ1v) is 15.0. The van der Waals surface area contributed by atoms with Gasteiger partial charge in [-0.15, -0.1) is 0 Å². The number of anilines is 2. The summed E-state index contributed by atoms with van der Waals surface area (Å²) >= 11 is 0. The van der Waals surface area contributed by atoms with Crippen LogP contribution in [0.15, 0.2) is 60.9 Å². The molecule has 8 N–H and O–H groups in total. The Hall–Kier alpha value is -4.19. The molecular formula is C32H35B2N4NaO11. The predicted octanol–water partition coefficient (Wildman–Crippen LogP) is -0.698. The molecule has 0 spiro atoms. The summed E-state index contributed by atoms with van der Waals surface area (Å²) in [4.78, 5) is 30.5. The second kappa shape index (κ2) is 17.6. The largest absolute Gasteiger partial charge is 1.00 e. The van der Waals surface area contributed by atoms with Gasteiger partial charge in [0.2, 0.25) is 0 Å². The summed E-state index contributed by atoms with van der Waals surface area (Å²) in [6.07, 6.45) is 1.74. The van der Waals surface area contributed by atoms with Crippen LogP contribution in [-0.4, -0.2) is 63.4 Å². The van der Waals surface area contributed by atoms with E-state index in [4.69, 9.17) is 40.1 Å². The Morgan fingerprint density at radius 2 is 1.22 bits per heavy atom. The number of ether oxygens (including phenoxy) is 3. The molecule has 0 aliphatic carbocycles. The van der Waals surface area contributed by atoms with Crippen molar-refractivity contribution in [2.45, 2.75) is 45.8 Å². The van der Waals surface area contributed by atoms with Crippen molar-refractivity contribution < 1.29 is 83.3 Å². The second-order valence-corrected chi connectivity index (χ2v) is 11.1. The fourth-order valence-electron chi connectivity index (χ4n) is 5.67. The smallest absolute Gasteiger partial charge is 0.870 e. The van der Waals surface area contributed by atoms with Gasteiger partial charge in [0, 0.05) is 24.5 Å². The van der Waals surface area contributed by atoms with Crippen molar-refractivity contribution in [3.8, 4) is 23.0 Å². The van der Waals surface area contributed by atoms with E-state index < -0.39 is 32.4 Å². The van der Waals surface area contributed by atoms with Gasteiger partial charge in [0.05, 0.1) is 31.7 Å². The summed E-state index contributed by atoms with van der Waals surface area (Å²) in [5, 5.41) is 29.2. The van der Waals surface area contributed by atoms with E-state index in [0.29, 0.717) is 57.7 Å².